The molecular formula is C14H23BrO2Si. The quantitative estimate of drug-likeness (QED) is 0.522. The summed E-state index contributed by atoms with van der Waals surface area (Å²) in [5.74, 6) is 0.459. The maximum absolute atomic E-state index is 5.92. The van der Waals surface area contributed by atoms with E-state index in [0.717, 1.165) is 24.6 Å². The SMILES string of the molecule is CCO[Si](C)(CC(CBr)c1ccccc1)OCC. The highest BCUT2D eigenvalue weighted by atomic mass is 79.9. The minimum absolute atomic E-state index is 0.459. The lowest BCUT2D eigenvalue weighted by molar-refractivity contribution is 0.187. The second-order valence-corrected chi connectivity index (χ2v) is 8.37. The van der Waals surface area contributed by atoms with Crippen molar-refractivity contribution in [3.8, 4) is 0 Å². The highest BCUT2D eigenvalue weighted by Crippen LogP contribution is 2.29. The number of halogens is 1. The molecule has 0 spiro atoms. The fraction of sp³-hybridized carbons (Fsp3) is 0.571. The fourth-order valence-electron chi connectivity index (χ4n) is 2.20. The topological polar surface area (TPSA) is 18.5 Å². The smallest absolute Gasteiger partial charge is 0.335 e. The summed E-state index contributed by atoms with van der Waals surface area (Å²) in [7, 11) is -2.05. The van der Waals surface area contributed by atoms with Crippen LogP contribution in [0.1, 0.15) is 25.3 Å². The molecule has 0 aliphatic heterocycles. The average Bonchev–Trinajstić information content (AvgIpc) is 2.38. The van der Waals surface area contributed by atoms with E-state index in [1.54, 1.807) is 0 Å². The average molecular weight is 331 g/mol. The van der Waals surface area contributed by atoms with Crippen molar-refractivity contribution in [2.45, 2.75) is 32.4 Å². The number of hydrogen-bond donors (Lipinski definition) is 0. The van der Waals surface area contributed by atoms with Crippen LogP contribution < -0.4 is 0 Å². The minimum Gasteiger partial charge on any atom is -0.395 e. The molecule has 0 saturated carbocycles. The van der Waals surface area contributed by atoms with E-state index in [9.17, 15) is 0 Å². The first kappa shape index (κ1) is 15.9. The van der Waals surface area contributed by atoms with Crippen LogP contribution in [-0.4, -0.2) is 27.1 Å². The van der Waals surface area contributed by atoms with Crippen LogP contribution >= 0.6 is 15.9 Å². The Hall–Kier alpha value is -0.163. The summed E-state index contributed by atoms with van der Waals surface area (Å²) in [6.45, 7) is 7.70. The summed E-state index contributed by atoms with van der Waals surface area (Å²) in [5.41, 5.74) is 1.35. The second-order valence-electron chi connectivity index (χ2n) is 4.47. The molecule has 0 fully saturated rings. The summed E-state index contributed by atoms with van der Waals surface area (Å²) < 4.78 is 11.8. The third-order valence-corrected chi connectivity index (χ3v) is 6.79. The summed E-state index contributed by atoms with van der Waals surface area (Å²) in [5, 5.41) is 0.944. The number of hydrogen-bond acceptors (Lipinski definition) is 2. The third kappa shape index (κ3) is 4.84. The minimum atomic E-state index is -2.05. The van der Waals surface area contributed by atoms with Gasteiger partial charge < -0.3 is 8.85 Å². The summed E-state index contributed by atoms with van der Waals surface area (Å²) >= 11 is 3.62. The number of rotatable bonds is 8. The first-order chi connectivity index (χ1) is 8.65. The Morgan fingerprint density at radius 1 is 1.11 bits per heavy atom. The van der Waals surface area contributed by atoms with Crippen molar-refractivity contribution in [2.24, 2.45) is 0 Å². The molecule has 1 aromatic rings. The highest BCUT2D eigenvalue weighted by molar-refractivity contribution is 9.09. The molecule has 18 heavy (non-hydrogen) atoms. The highest BCUT2D eigenvalue weighted by Gasteiger charge is 2.34. The molecule has 1 aromatic carbocycles. The van der Waals surface area contributed by atoms with E-state index in [2.05, 4.69) is 52.8 Å². The Morgan fingerprint density at radius 2 is 1.67 bits per heavy atom. The normalized spacial score (nSPS) is 13.6. The van der Waals surface area contributed by atoms with E-state index < -0.39 is 8.56 Å². The maximum atomic E-state index is 5.92. The van der Waals surface area contributed by atoms with Gasteiger partial charge in [-0.2, -0.15) is 0 Å². The zero-order chi connectivity index (χ0) is 13.4. The fourth-order valence-corrected chi connectivity index (χ4v) is 6.05. The van der Waals surface area contributed by atoms with Crippen LogP contribution in [0.2, 0.25) is 12.6 Å². The number of benzene rings is 1. The van der Waals surface area contributed by atoms with E-state index in [1.807, 2.05) is 13.8 Å². The van der Waals surface area contributed by atoms with Gasteiger partial charge in [0.15, 0.2) is 0 Å². The van der Waals surface area contributed by atoms with Crippen molar-refractivity contribution < 1.29 is 8.85 Å². The molecule has 1 unspecified atom stereocenters. The molecule has 1 atom stereocenters. The molecule has 0 aliphatic carbocycles. The van der Waals surface area contributed by atoms with Crippen LogP contribution in [0, 0.1) is 0 Å². The molecule has 0 aromatic heterocycles. The predicted octanol–water partition coefficient (Wildman–Crippen LogP) is 4.31. The van der Waals surface area contributed by atoms with E-state index >= 15 is 0 Å². The van der Waals surface area contributed by atoms with Crippen LogP contribution in [0.25, 0.3) is 0 Å². The van der Waals surface area contributed by atoms with Crippen molar-refractivity contribution >= 4 is 24.5 Å². The van der Waals surface area contributed by atoms with Gasteiger partial charge in [-0.3, -0.25) is 0 Å². The molecule has 0 amide bonds. The van der Waals surface area contributed by atoms with Crippen molar-refractivity contribution in [1.29, 1.82) is 0 Å². The summed E-state index contributed by atoms with van der Waals surface area (Å²) in [4.78, 5) is 0. The Morgan fingerprint density at radius 3 is 2.11 bits per heavy atom. The van der Waals surface area contributed by atoms with Gasteiger partial charge in [0.05, 0.1) is 0 Å². The van der Waals surface area contributed by atoms with Gasteiger partial charge in [-0.05, 0) is 37.9 Å². The van der Waals surface area contributed by atoms with Gasteiger partial charge in [0.2, 0.25) is 0 Å². The van der Waals surface area contributed by atoms with Crippen molar-refractivity contribution in [3.63, 3.8) is 0 Å². The predicted molar refractivity (Wildman–Crippen MR) is 82.7 cm³/mol. The lowest BCUT2D eigenvalue weighted by Crippen LogP contribution is -2.40. The number of alkyl halides is 1. The van der Waals surface area contributed by atoms with E-state index in [4.69, 9.17) is 8.85 Å². The van der Waals surface area contributed by atoms with Crippen LogP contribution in [-0.2, 0) is 8.85 Å². The summed E-state index contributed by atoms with van der Waals surface area (Å²) in [6.07, 6.45) is 0. The molecule has 0 bridgehead atoms. The van der Waals surface area contributed by atoms with Gasteiger partial charge in [0, 0.05) is 18.5 Å². The van der Waals surface area contributed by atoms with E-state index in [-0.39, 0.29) is 0 Å². The standard InChI is InChI=1S/C14H23BrO2Si/c1-4-16-18(3,17-5-2)12-14(11-15)13-9-7-6-8-10-13/h6-10,14H,4-5,11-12H2,1-3H3. The zero-order valence-corrected chi connectivity index (χ0v) is 14.1. The van der Waals surface area contributed by atoms with Crippen molar-refractivity contribution in [1.82, 2.24) is 0 Å². The molecule has 1 rings (SSSR count). The van der Waals surface area contributed by atoms with Gasteiger partial charge in [0.25, 0.3) is 0 Å². The van der Waals surface area contributed by atoms with Crippen molar-refractivity contribution in [3.05, 3.63) is 35.9 Å². The lowest BCUT2D eigenvalue weighted by Gasteiger charge is -2.29. The molecule has 4 heteroatoms. The van der Waals surface area contributed by atoms with Gasteiger partial charge in [0.1, 0.15) is 0 Å². The monoisotopic (exact) mass is 330 g/mol. The Bertz CT molecular complexity index is 326. The molecule has 0 N–H and O–H groups in total. The maximum Gasteiger partial charge on any atom is 0.335 e. The Balaban J connectivity index is 2.77. The van der Waals surface area contributed by atoms with E-state index in [0.29, 0.717) is 5.92 Å². The zero-order valence-electron chi connectivity index (χ0n) is 11.5. The molecule has 0 saturated heterocycles. The largest absolute Gasteiger partial charge is 0.395 e. The molecule has 102 valence electrons. The van der Waals surface area contributed by atoms with E-state index in [1.165, 1.54) is 5.56 Å². The van der Waals surface area contributed by atoms with Crippen molar-refractivity contribution in [2.75, 3.05) is 18.5 Å². The molecule has 2 nitrogen and oxygen atoms in total. The first-order valence-corrected chi connectivity index (χ1v) is 10.2. The Labute approximate surface area is 120 Å². The van der Waals surface area contributed by atoms with Gasteiger partial charge >= 0.3 is 8.56 Å². The molecule has 0 heterocycles. The Kier molecular flexibility index (Phi) is 7.15. The molecule has 0 radical (unpaired) electrons. The first-order valence-electron chi connectivity index (χ1n) is 6.54. The summed E-state index contributed by atoms with van der Waals surface area (Å²) in [6, 6.07) is 11.6. The van der Waals surface area contributed by atoms with Gasteiger partial charge in [-0.15, -0.1) is 0 Å². The van der Waals surface area contributed by atoms with Crippen LogP contribution in [0.3, 0.4) is 0 Å². The van der Waals surface area contributed by atoms with Gasteiger partial charge in [-0.1, -0.05) is 46.3 Å². The third-order valence-electron chi connectivity index (χ3n) is 2.97. The lowest BCUT2D eigenvalue weighted by atomic mass is 10.0. The van der Waals surface area contributed by atoms with Crippen LogP contribution in [0.4, 0.5) is 0 Å². The molecular weight excluding hydrogens is 308 g/mol. The van der Waals surface area contributed by atoms with Crippen LogP contribution in [0.5, 0.6) is 0 Å². The van der Waals surface area contributed by atoms with Gasteiger partial charge in [-0.25, -0.2) is 0 Å². The van der Waals surface area contributed by atoms with Crippen LogP contribution in [0.15, 0.2) is 30.3 Å². The molecule has 0 aliphatic rings. The second kappa shape index (κ2) is 8.10.